The molecule has 0 radical (unpaired) electrons. The van der Waals surface area contributed by atoms with Crippen molar-refractivity contribution >= 4 is 40.4 Å². The van der Waals surface area contributed by atoms with Crippen molar-refractivity contribution in [2.45, 2.75) is 38.6 Å². The maximum atomic E-state index is 12.0. The number of amides is 1. The van der Waals surface area contributed by atoms with Gasteiger partial charge in [-0.3, -0.25) is 14.4 Å². The summed E-state index contributed by atoms with van der Waals surface area (Å²) in [6.45, 7) is 1.88. The molecule has 0 fully saturated rings. The van der Waals surface area contributed by atoms with Crippen LogP contribution in [0.25, 0.3) is 0 Å². The number of carbonyl (C=O) groups is 3. The molecule has 2 rings (SSSR count). The van der Waals surface area contributed by atoms with Crippen LogP contribution in [0.1, 0.15) is 53.9 Å². The molecular formula is C19H20ClNO3S. The molecule has 4 nitrogen and oxygen atoms in total. The van der Waals surface area contributed by atoms with Crippen LogP contribution >= 0.6 is 22.9 Å². The number of halogens is 1. The van der Waals surface area contributed by atoms with E-state index in [1.54, 1.807) is 18.2 Å². The lowest BCUT2D eigenvalue weighted by molar-refractivity contribution is -0.125. The average Bonchev–Trinajstić information content (AvgIpc) is 3.13. The predicted molar refractivity (Wildman–Crippen MR) is 100 cm³/mol. The van der Waals surface area contributed by atoms with E-state index in [1.807, 2.05) is 30.5 Å². The largest absolute Gasteiger partial charge is 0.350 e. The SMILES string of the molecule is C[C@H](NC(=O)CCC(=O)CCC(=O)c1cccs1)c1ccc(Cl)cc1. The molecule has 0 saturated heterocycles. The topological polar surface area (TPSA) is 63.2 Å². The van der Waals surface area contributed by atoms with Gasteiger partial charge >= 0.3 is 0 Å². The molecule has 0 spiro atoms. The smallest absolute Gasteiger partial charge is 0.220 e. The van der Waals surface area contributed by atoms with Gasteiger partial charge in [-0.05, 0) is 36.1 Å². The number of carbonyl (C=O) groups excluding carboxylic acids is 3. The maximum absolute atomic E-state index is 12.0. The molecule has 1 N–H and O–H groups in total. The Morgan fingerprint density at radius 3 is 2.36 bits per heavy atom. The van der Waals surface area contributed by atoms with Crippen LogP contribution in [-0.2, 0) is 9.59 Å². The zero-order valence-electron chi connectivity index (χ0n) is 14.0. The minimum absolute atomic E-state index is 0.0239. The zero-order valence-corrected chi connectivity index (χ0v) is 15.5. The quantitative estimate of drug-likeness (QED) is 0.650. The van der Waals surface area contributed by atoms with E-state index in [-0.39, 0.29) is 49.2 Å². The fraction of sp³-hybridized carbons (Fsp3) is 0.316. The van der Waals surface area contributed by atoms with Crippen molar-refractivity contribution in [1.29, 1.82) is 0 Å². The Hall–Kier alpha value is -1.98. The second-order valence-corrected chi connectivity index (χ2v) is 7.16. The summed E-state index contributed by atoms with van der Waals surface area (Å²) in [6, 6.07) is 10.7. The average molecular weight is 378 g/mol. The third-order valence-electron chi connectivity index (χ3n) is 3.81. The molecule has 1 heterocycles. The van der Waals surface area contributed by atoms with E-state index in [1.165, 1.54) is 11.3 Å². The Morgan fingerprint density at radius 2 is 1.72 bits per heavy atom. The summed E-state index contributed by atoms with van der Waals surface area (Å²) < 4.78 is 0. The second-order valence-electron chi connectivity index (χ2n) is 5.78. The first-order valence-corrected chi connectivity index (χ1v) is 9.34. The lowest BCUT2D eigenvalue weighted by atomic mass is 10.1. The van der Waals surface area contributed by atoms with Crippen molar-refractivity contribution in [3.8, 4) is 0 Å². The number of thiophene rings is 1. The van der Waals surface area contributed by atoms with E-state index in [2.05, 4.69) is 5.32 Å². The van der Waals surface area contributed by atoms with Crippen molar-refractivity contribution in [3.05, 3.63) is 57.2 Å². The van der Waals surface area contributed by atoms with Crippen LogP contribution in [0.15, 0.2) is 41.8 Å². The predicted octanol–water partition coefficient (Wildman–Crippen LogP) is 4.59. The molecule has 0 aliphatic heterocycles. The maximum Gasteiger partial charge on any atom is 0.220 e. The Bertz CT molecular complexity index is 726. The number of Topliss-reactive ketones (excluding diaryl/α,β-unsaturated/α-hetero) is 2. The van der Waals surface area contributed by atoms with Crippen LogP contribution in [0.4, 0.5) is 0 Å². The van der Waals surface area contributed by atoms with Gasteiger partial charge in [-0.1, -0.05) is 29.8 Å². The lowest BCUT2D eigenvalue weighted by Gasteiger charge is -2.14. The Morgan fingerprint density at radius 1 is 1.04 bits per heavy atom. The number of hydrogen-bond acceptors (Lipinski definition) is 4. The first-order valence-electron chi connectivity index (χ1n) is 8.09. The van der Waals surface area contributed by atoms with E-state index in [4.69, 9.17) is 11.6 Å². The number of benzene rings is 1. The molecular weight excluding hydrogens is 358 g/mol. The first-order chi connectivity index (χ1) is 12.0. The first kappa shape index (κ1) is 19.3. The van der Waals surface area contributed by atoms with Gasteiger partial charge in [-0.2, -0.15) is 0 Å². The molecule has 0 aliphatic carbocycles. The molecule has 1 aromatic carbocycles. The molecule has 2 aromatic rings. The molecule has 0 bridgehead atoms. The minimum Gasteiger partial charge on any atom is -0.350 e. The molecule has 1 amide bonds. The number of rotatable bonds is 9. The Kier molecular flexibility index (Phi) is 7.34. The van der Waals surface area contributed by atoms with Crippen molar-refractivity contribution in [1.82, 2.24) is 5.32 Å². The molecule has 25 heavy (non-hydrogen) atoms. The van der Waals surface area contributed by atoms with Crippen molar-refractivity contribution in [2.24, 2.45) is 0 Å². The second kappa shape index (κ2) is 9.49. The van der Waals surface area contributed by atoms with Crippen molar-refractivity contribution < 1.29 is 14.4 Å². The molecule has 0 unspecified atom stereocenters. The van der Waals surface area contributed by atoms with Crippen molar-refractivity contribution in [3.63, 3.8) is 0 Å². The van der Waals surface area contributed by atoms with E-state index in [9.17, 15) is 14.4 Å². The van der Waals surface area contributed by atoms with Gasteiger partial charge in [0, 0.05) is 30.7 Å². The third-order valence-corrected chi connectivity index (χ3v) is 4.97. The number of ketones is 2. The van der Waals surface area contributed by atoms with Gasteiger partial charge in [0.15, 0.2) is 5.78 Å². The van der Waals surface area contributed by atoms with Gasteiger partial charge < -0.3 is 5.32 Å². The van der Waals surface area contributed by atoms with Crippen LogP contribution in [0.3, 0.4) is 0 Å². The van der Waals surface area contributed by atoms with Crippen LogP contribution in [0.2, 0.25) is 5.02 Å². The van der Waals surface area contributed by atoms with E-state index in [0.29, 0.717) is 9.90 Å². The highest BCUT2D eigenvalue weighted by molar-refractivity contribution is 7.12. The van der Waals surface area contributed by atoms with Gasteiger partial charge in [0.25, 0.3) is 0 Å². The van der Waals surface area contributed by atoms with Gasteiger partial charge in [-0.25, -0.2) is 0 Å². The summed E-state index contributed by atoms with van der Waals surface area (Å²) in [5.41, 5.74) is 0.950. The highest BCUT2D eigenvalue weighted by Gasteiger charge is 2.13. The van der Waals surface area contributed by atoms with Crippen LogP contribution in [-0.4, -0.2) is 17.5 Å². The lowest BCUT2D eigenvalue weighted by Crippen LogP contribution is -2.26. The third kappa shape index (κ3) is 6.44. The van der Waals surface area contributed by atoms with E-state index < -0.39 is 0 Å². The number of nitrogens with one attached hydrogen (secondary N) is 1. The Labute approximate surface area is 156 Å². The summed E-state index contributed by atoms with van der Waals surface area (Å²) in [7, 11) is 0. The zero-order chi connectivity index (χ0) is 18.2. The minimum atomic E-state index is -0.180. The molecule has 0 aliphatic rings. The summed E-state index contributed by atoms with van der Waals surface area (Å²) in [5.74, 6) is -0.274. The summed E-state index contributed by atoms with van der Waals surface area (Å²) in [5, 5.41) is 5.34. The summed E-state index contributed by atoms with van der Waals surface area (Å²) >= 11 is 7.22. The Balaban J connectivity index is 1.69. The summed E-state index contributed by atoms with van der Waals surface area (Å²) in [6.07, 6.45) is 0.653. The fourth-order valence-electron chi connectivity index (χ4n) is 2.34. The van der Waals surface area contributed by atoms with E-state index in [0.717, 1.165) is 5.56 Å². The number of hydrogen-bond donors (Lipinski definition) is 1. The van der Waals surface area contributed by atoms with Crippen molar-refractivity contribution in [2.75, 3.05) is 0 Å². The van der Waals surface area contributed by atoms with Crippen LogP contribution < -0.4 is 5.32 Å². The van der Waals surface area contributed by atoms with E-state index >= 15 is 0 Å². The molecule has 1 aromatic heterocycles. The summed E-state index contributed by atoms with van der Waals surface area (Å²) in [4.78, 5) is 36.4. The molecule has 132 valence electrons. The van der Waals surface area contributed by atoms with Gasteiger partial charge in [-0.15, -0.1) is 11.3 Å². The molecule has 1 atom stereocenters. The van der Waals surface area contributed by atoms with Crippen LogP contribution in [0, 0.1) is 0 Å². The highest BCUT2D eigenvalue weighted by Crippen LogP contribution is 2.16. The normalized spacial score (nSPS) is 11.8. The van der Waals surface area contributed by atoms with Gasteiger partial charge in [0.05, 0.1) is 10.9 Å². The van der Waals surface area contributed by atoms with Gasteiger partial charge in [0.1, 0.15) is 5.78 Å². The highest BCUT2D eigenvalue weighted by atomic mass is 35.5. The molecule has 6 heteroatoms. The van der Waals surface area contributed by atoms with Gasteiger partial charge in [0.2, 0.25) is 5.91 Å². The standard InChI is InChI=1S/C19H20ClNO3S/c1-13(14-4-6-15(20)7-5-14)21-19(24)11-9-16(22)8-10-17(23)18-3-2-12-25-18/h2-7,12-13H,8-11H2,1H3,(H,21,24)/t13-/m0/s1. The monoisotopic (exact) mass is 377 g/mol. The fourth-order valence-corrected chi connectivity index (χ4v) is 3.16. The molecule has 0 saturated carbocycles. The van der Waals surface area contributed by atoms with Crippen LogP contribution in [0.5, 0.6) is 0 Å².